The SMILES string of the molecule is CN1C(=O)CCc2cc(-c3cncc(N4C5CNCC4C5)c3)ccc21. The quantitative estimate of drug-likeness (QED) is 0.915. The molecule has 0 aliphatic carbocycles. The van der Waals surface area contributed by atoms with Gasteiger partial charge in [0.05, 0.1) is 11.9 Å². The molecule has 25 heavy (non-hydrogen) atoms. The van der Waals surface area contributed by atoms with Crippen molar-refractivity contribution in [3.05, 3.63) is 42.2 Å². The molecule has 0 radical (unpaired) electrons. The van der Waals surface area contributed by atoms with Gasteiger partial charge in [0.1, 0.15) is 0 Å². The lowest BCUT2D eigenvalue weighted by Gasteiger charge is -2.54. The van der Waals surface area contributed by atoms with Crippen molar-refractivity contribution in [3.8, 4) is 11.1 Å². The standard InChI is InChI=1S/C20H22N4O/c1-23-19-4-2-13(6-14(19)3-5-20(23)25)15-7-16(10-21-9-15)24-17-8-18(24)12-22-11-17/h2,4,6-7,9-10,17-18,22H,3,5,8,11-12H2,1H3. The van der Waals surface area contributed by atoms with Crippen molar-refractivity contribution in [3.63, 3.8) is 0 Å². The number of nitrogens with zero attached hydrogens (tertiary/aromatic N) is 3. The first-order chi connectivity index (χ1) is 12.2. The minimum Gasteiger partial charge on any atom is -0.362 e. The molecular weight excluding hydrogens is 312 g/mol. The summed E-state index contributed by atoms with van der Waals surface area (Å²) in [4.78, 5) is 20.7. The van der Waals surface area contributed by atoms with E-state index in [1.807, 2.05) is 19.4 Å². The number of hydrogen-bond donors (Lipinski definition) is 1. The van der Waals surface area contributed by atoms with E-state index >= 15 is 0 Å². The smallest absolute Gasteiger partial charge is 0.227 e. The van der Waals surface area contributed by atoms with E-state index in [-0.39, 0.29) is 5.91 Å². The second-order valence-corrected chi connectivity index (χ2v) is 7.34. The summed E-state index contributed by atoms with van der Waals surface area (Å²) in [6.45, 7) is 2.14. The molecule has 2 aromatic rings. The second-order valence-electron chi connectivity index (χ2n) is 7.34. The Morgan fingerprint density at radius 2 is 1.92 bits per heavy atom. The molecular formula is C20H22N4O. The van der Waals surface area contributed by atoms with Crippen LogP contribution in [-0.4, -0.2) is 43.1 Å². The zero-order valence-electron chi connectivity index (χ0n) is 14.4. The summed E-state index contributed by atoms with van der Waals surface area (Å²) in [5.41, 5.74) is 5.84. The van der Waals surface area contributed by atoms with E-state index in [2.05, 4.69) is 39.5 Å². The molecule has 5 nitrogen and oxygen atoms in total. The fraction of sp³-hybridized carbons (Fsp3) is 0.400. The van der Waals surface area contributed by atoms with Gasteiger partial charge >= 0.3 is 0 Å². The molecule has 2 fully saturated rings. The number of nitrogens with one attached hydrogen (secondary N) is 1. The zero-order chi connectivity index (χ0) is 17.0. The number of carbonyl (C=O) groups is 1. The Bertz CT molecular complexity index is 835. The second kappa shape index (κ2) is 5.56. The molecule has 0 spiro atoms. The highest BCUT2D eigenvalue weighted by atomic mass is 16.2. The maximum atomic E-state index is 11.9. The van der Waals surface area contributed by atoms with Gasteiger partial charge < -0.3 is 15.1 Å². The van der Waals surface area contributed by atoms with Gasteiger partial charge in [-0.3, -0.25) is 9.78 Å². The normalized spacial score (nSPS) is 24.8. The Morgan fingerprint density at radius 1 is 1.08 bits per heavy atom. The minimum atomic E-state index is 0.196. The van der Waals surface area contributed by atoms with Crippen LogP contribution in [0.3, 0.4) is 0 Å². The molecule has 5 rings (SSSR count). The average molecular weight is 334 g/mol. The molecule has 0 saturated carbocycles. The molecule has 1 N–H and O–H groups in total. The van der Waals surface area contributed by atoms with Crippen LogP contribution in [0.2, 0.25) is 0 Å². The van der Waals surface area contributed by atoms with Crippen molar-refractivity contribution in [1.29, 1.82) is 0 Å². The molecule has 1 aromatic carbocycles. The van der Waals surface area contributed by atoms with E-state index in [1.54, 1.807) is 4.90 Å². The van der Waals surface area contributed by atoms with Crippen molar-refractivity contribution in [2.75, 3.05) is 29.9 Å². The first kappa shape index (κ1) is 14.9. The van der Waals surface area contributed by atoms with Gasteiger partial charge in [-0.1, -0.05) is 6.07 Å². The fourth-order valence-electron chi connectivity index (χ4n) is 4.47. The van der Waals surface area contributed by atoms with E-state index < -0.39 is 0 Å². The summed E-state index contributed by atoms with van der Waals surface area (Å²) in [5.74, 6) is 0.196. The number of fused-ring (bicyclic) bond motifs is 3. The summed E-state index contributed by atoms with van der Waals surface area (Å²) >= 11 is 0. The Kier molecular flexibility index (Phi) is 3.31. The Morgan fingerprint density at radius 3 is 2.72 bits per heavy atom. The number of amides is 1. The van der Waals surface area contributed by atoms with Gasteiger partial charge in [0, 0.05) is 56.1 Å². The Labute approximate surface area is 147 Å². The maximum Gasteiger partial charge on any atom is 0.227 e. The van der Waals surface area contributed by atoms with Gasteiger partial charge in [0.15, 0.2) is 0 Å². The van der Waals surface area contributed by atoms with Crippen LogP contribution in [0.25, 0.3) is 11.1 Å². The summed E-state index contributed by atoms with van der Waals surface area (Å²) in [6.07, 6.45) is 6.63. The first-order valence-electron chi connectivity index (χ1n) is 9.04. The number of pyridine rings is 1. The van der Waals surface area contributed by atoms with Crippen molar-refractivity contribution >= 4 is 17.3 Å². The lowest BCUT2D eigenvalue weighted by atomic mass is 9.88. The largest absolute Gasteiger partial charge is 0.362 e. The predicted octanol–water partition coefficient (Wildman–Crippen LogP) is 2.21. The van der Waals surface area contributed by atoms with Crippen LogP contribution in [0.15, 0.2) is 36.7 Å². The highest BCUT2D eigenvalue weighted by Gasteiger charge is 2.41. The molecule has 4 heterocycles. The van der Waals surface area contributed by atoms with Crippen molar-refractivity contribution in [2.24, 2.45) is 0 Å². The summed E-state index contributed by atoms with van der Waals surface area (Å²) in [6, 6.07) is 9.87. The third-order valence-electron chi connectivity index (χ3n) is 5.87. The van der Waals surface area contributed by atoms with Crippen LogP contribution >= 0.6 is 0 Å². The van der Waals surface area contributed by atoms with E-state index in [4.69, 9.17) is 0 Å². The number of rotatable bonds is 2. The number of benzene rings is 1. The zero-order valence-corrected chi connectivity index (χ0v) is 14.4. The van der Waals surface area contributed by atoms with Crippen LogP contribution < -0.4 is 15.1 Å². The maximum absolute atomic E-state index is 11.9. The molecule has 5 heteroatoms. The lowest BCUT2D eigenvalue weighted by Crippen LogP contribution is -2.68. The third kappa shape index (κ3) is 2.34. The fourth-order valence-corrected chi connectivity index (χ4v) is 4.47. The molecule has 1 aromatic heterocycles. The predicted molar refractivity (Wildman–Crippen MR) is 98.9 cm³/mol. The van der Waals surface area contributed by atoms with Crippen LogP contribution in [0.5, 0.6) is 0 Å². The highest BCUT2D eigenvalue weighted by molar-refractivity contribution is 5.96. The van der Waals surface area contributed by atoms with Crippen LogP contribution in [-0.2, 0) is 11.2 Å². The molecule has 3 aliphatic rings. The number of hydrogen-bond acceptors (Lipinski definition) is 4. The Balaban J connectivity index is 1.48. The monoisotopic (exact) mass is 334 g/mol. The molecule has 1 amide bonds. The van der Waals surface area contributed by atoms with Crippen LogP contribution in [0.4, 0.5) is 11.4 Å². The topological polar surface area (TPSA) is 48.5 Å². The van der Waals surface area contributed by atoms with Crippen molar-refractivity contribution in [2.45, 2.75) is 31.3 Å². The number of anilines is 2. The van der Waals surface area contributed by atoms with E-state index in [1.165, 1.54) is 23.2 Å². The molecule has 128 valence electrons. The van der Waals surface area contributed by atoms with E-state index in [9.17, 15) is 4.79 Å². The summed E-state index contributed by atoms with van der Waals surface area (Å²) in [5, 5.41) is 3.48. The van der Waals surface area contributed by atoms with Crippen LogP contribution in [0.1, 0.15) is 18.4 Å². The van der Waals surface area contributed by atoms with Crippen molar-refractivity contribution in [1.82, 2.24) is 10.3 Å². The van der Waals surface area contributed by atoms with E-state index in [0.717, 1.165) is 30.8 Å². The average Bonchev–Trinajstić information content (AvgIpc) is 2.65. The van der Waals surface area contributed by atoms with Gasteiger partial charge in [-0.15, -0.1) is 0 Å². The van der Waals surface area contributed by atoms with Crippen LogP contribution in [0, 0.1) is 0 Å². The third-order valence-corrected chi connectivity index (χ3v) is 5.87. The molecule has 2 atom stereocenters. The number of aryl methyl sites for hydroxylation is 1. The number of aromatic nitrogens is 1. The summed E-state index contributed by atoms with van der Waals surface area (Å²) < 4.78 is 0. The van der Waals surface area contributed by atoms with Gasteiger partial charge in [0.25, 0.3) is 0 Å². The first-order valence-corrected chi connectivity index (χ1v) is 9.04. The van der Waals surface area contributed by atoms with Gasteiger partial charge in [-0.05, 0) is 42.2 Å². The number of piperidine rings is 1. The molecule has 3 aliphatic heterocycles. The molecule has 2 unspecified atom stereocenters. The van der Waals surface area contributed by atoms with Crippen molar-refractivity contribution < 1.29 is 4.79 Å². The lowest BCUT2D eigenvalue weighted by molar-refractivity contribution is -0.118. The molecule has 2 saturated heterocycles. The number of piperazine rings is 1. The van der Waals surface area contributed by atoms with Gasteiger partial charge in [-0.25, -0.2) is 0 Å². The van der Waals surface area contributed by atoms with Gasteiger partial charge in [0.2, 0.25) is 5.91 Å². The molecule has 2 bridgehead atoms. The van der Waals surface area contributed by atoms with E-state index in [0.29, 0.717) is 18.5 Å². The number of carbonyl (C=O) groups excluding carboxylic acids is 1. The minimum absolute atomic E-state index is 0.196. The highest BCUT2D eigenvalue weighted by Crippen LogP contribution is 2.36. The summed E-state index contributed by atoms with van der Waals surface area (Å²) in [7, 11) is 1.86. The Hall–Kier alpha value is -2.40. The van der Waals surface area contributed by atoms with Gasteiger partial charge in [-0.2, -0.15) is 0 Å².